The van der Waals surface area contributed by atoms with Gasteiger partial charge < -0.3 is 0 Å². The van der Waals surface area contributed by atoms with E-state index in [0.29, 0.717) is 11.3 Å². The summed E-state index contributed by atoms with van der Waals surface area (Å²) in [6.45, 7) is 1.49. The standard InChI is InChI=1S/C10H9FN2O/c1-7(14)5-8-6-13-9(11)3-2-4-10(13)12-8/h2-4,6H,5H2,1H3. The van der Waals surface area contributed by atoms with Gasteiger partial charge in [0.05, 0.1) is 5.69 Å². The number of fused-ring (bicyclic) bond motifs is 1. The molecule has 14 heavy (non-hydrogen) atoms. The molecular formula is C10H9FN2O. The van der Waals surface area contributed by atoms with Crippen LogP contribution in [0.4, 0.5) is 4.39 Å². The summed E-state index contributed by atoms with van der Waals surface area (Å²) in [5.74, 6) is -0.349. The van der Waals surface area contributed by atoms with Crippen LogP contribution in [0.3, 0.4) is 0 Å². The number of aromatic nitrogens is 2. The third-order valence-corrected chi connectivity index (χ3v) is 1.92. The monoisotopic (exact) mass is 192 g/mol. The summed E-state index contributed by atoms with van der Waals surface area (Å²) in [6, 6.07) is 4.65. The second-order valence-corrected chi connectivity index (χ2v) is 3.19. The Balaban J connectivity index is 2.51. The summed E-state index contributed by atoms with van der Waals surface area (Å²) < 4.78 is 14.5. The van der Waals surface area contributed by atoms with Crippen molar-refractivity contribution in [3.05, 3.63) is 36.0 Å². The molecular weight excluding hydrogens is 183 g/mol. The lowest BCUT2D eigenvalue weighted by atomic mass is 10.2. The molecule has 0 unspecified atom stereocenters. The van der Waals surface area contributed by atoms with Crippen LogP contribution >= 0.6 is 0 Å². The highest BCUT2D eigenvalue weighted by molar-refractivity contribution is 5.77. The van der Waals surface area contributed by atoms with Gasteiger partial charge in [-0.2, -0.15) is 4.39 Å². The molecule has 0 fully saturated rings. The summed E-state index contributed by atoms with van der Waals surface area (Å²) in [6.07, 6.45) is 1.80. The van der Waals surface area contributed by atoms with Crippen LogP contribution in [0.5, 0.6) is 0 Å². The van der Waals surface area contributed by atoms with Gasteiger partial charge in [0.1, 0.15) is 11.4 Å². The lowest BCUT2D eigenvalue weighted by Crippen LogP contribution is -1.95. The van der Waals surface area contributed by atoms with E-state index in [1.807, 2.05) is 0 Å². The van der Waals surface area contributed by atoms with Crippen LogP contribution in [0.15, 0.2) is 24.4 Å². The van der Waals surface area contributed by atoms with Gasteiger partial charge in [-0.1, -0.05) is 6.07 Å². The Morgan fingerprint density at radius 2 is 2.36 bits per heavy atom. The number of imidazole rings is 1. The third-order valence-electron chi connectivity index (χ3n) is 1.92. The first-order chi connectivity index (χ1) is 6.66. The summed E-state index contributed by atoms with van der Waals surface area (Å²) in [5, 5.41) is 0. The van der Waals surface area contributed by atoms with E-state index in [2.05, 4.69) is 4.98 Å². The fourth-order valence-electron chi connectivity index (χ4n) is 1.37. The van der Waals surface area contributed by atoms with Crippen molar-refractivity contribution in [3.8, 4) is 0 Å². The molecule has 2 rings (SSSR count). The van der Waals surface area contributed by atoms with Crippen LogP contribution in [0.25, 0.3) is 5.65 Å². The lowest BCUT2D eigenvalue weighted by Gasteiger charge is -1.91. The zero-order valence-electron chi connectivity index (χ0n) is 7.70. The first-order valence-electron chi connectivity index (χ1n) is 4.29. The molecule has 0 amide bonds. The predicted molar refractivity (Wildman–Crippen MR) is 49.5 cm³/mol. The van der Waals surface area contributed by atoms with Crippen LogP contribution in [-0.4, -0.2) is 15.2 Å². The maximum atomic E-state index is 13.2. The zero-order valence-corrected chi connectivity index (χ0v) is 7.70. The van der Waals surface area contributed by atoms with Gasteiger partial charge in [0.25, 0.3) is 0 Å². The van der Waals surface area contributed by atoms with Crippen LogP contribution < -0.4 is 0 Å². The molecule has 0 atom stereocenters. The number of Topliss-reactive ketones (excluding diaryl/α,β-unsaturated/α-hetero) is 1. The number of hydrogen-bond acceptors (Lipinski definition) is 2. The van der Waals surface area contributed by atoms with Crippen molar-refractivity contribution in [2.45, 2.75) is 13.3 Å². The van der Waals surface area contributed by atoms with E-state index in [1.165, 1.54) is 17.4 Å². The lowest BCUT2D eigenvalue weighted by molar-refractivity contribution is -0.116. The van der Waals surface area contributed by atoms with Gasteiger partial charge in [0, 0.05) is 12.6 Å². The molecule has 2 heterocycles. The van der Waals surface area contributed by atoms with Crippen molar-refractivity contribution in [2.24, 2.45) is 0 Å². The molecule has 0 N–H and O–H groups in total. The summed E-state index contributed by atoms with van der Waals surface area (Å²) in [4.78, 5) is 14.9. The van der Waals surface area contributed by atoms with Gasteiger partial charge in [0.2, 0.25) is 0 Å². The van der Waals surface area contributed by atoms with E-state index >= 15 is 0 Å². The molecule has 0 bridgehead atoms. The third kappa shape index (κ3) is 1.51. The van der Waals surface area contributed by atoms with E-state index in [4.69, 9.17) is 0 Å². The first kappa shape index (κ1) is 8.87. The van der Waals surface area contributed by atoms with E-state index in [1.54, 1.807) is 18.3 Å². The highest BCUT2D eigenvalue weighted by atomic mass is 19.1. The second kappa shape index (κ2) is 3.21. The van der Waals surface area contributed by atoms with Gasteiger partial charge in [-0.05, 0) is 19.1 Å². The number of nitrogens with zero attached hydrogens (tertiary/aromatic N) is 2. The summed E-state index contributed by atoms with van der Waals surface area (Å²) >= 11 is 0. The Morgan fingerprint density at radius 1 is 1.57 bits per heavy atom. The molecule has 2 aromatic heterocycles. The van der Waals surface area contributed by atoms with Crippen molar-refractivity contribution in [3.63, 3.8) is 0 Å². The van der Waals surface area contributed by atoms with E-state index in [9.17, 15) is 9.18 Å². The van der Waals surface area contributed by atoms with Crippen LogP contribution in [0.1, 0.15) is 12.6 Å². The predicted octanol–water partition coefficient (Wildman–Crippen LogP) is 1.60. The fraction of sp³-hybridized carbons (Fsp3) is 0.200. The molecule has 4 heteroatoms. The fourth-order valence-corrected chi connectivity index (χ4v) is 1.37. The SMILES string of the molecule is CC(=O)Cc1cn2c(F)cccc2n1. The van der Waals surface area contributed by atoms with Crippen molar-refractivity contribution in [2.75, 3.05) is 0 Å². The highest BCUT2D eigenvalue weighted by Crippen LogP contribution is 2.08. The smallest absolute Gasteiger partial charge is 0.199 e. The van der Waals surface area contributed by atoms with Crippen molar-refractivity contribution >= 4 is 11.4 Å². The Bertz CT molecular complexity index is 490. The molecule has 72 valence electrons. The highest BCUT2D eigenvalue weighted by Gasteiger charge is 2.05. The molecule has 0 aliphatic heterocycles. The van der Waals surface area contributed by atoms with E-state index in [0.717, 1.165) is 0 Å². The number of rotatable bonds is 2. The number of pyridine rings is 1. The molecule has 0 radical (unpaired) electrons. The van der Waals surface area contributed by atoms with Gasteiger partial charge >= 0.3 is 0 Å². The first-order valence-corrected chi connectivity index (χ1v) is 4.29. The summed E-state index contributed by atoms with van der Waals surface area (Å²) in [5.41, 5.74) is 1.13. The Kier molecular flexibility index (Phi) is 2.04. The van der Waals surface area contributed by atoms with Crippen molar-refractivity contribution in [1.82, 2.24) is 9.38 Å². The van der Waals surface area contributed by atoms with Gasteiger partial charge in [-0.25, -0.2) is 4.98 Å². The van der Waals surface area contributed by atoms with Crippen LogP contribution in [0, 0.1) is 5.95 Å². The Labute approximate surface area is 80.2 Å². The average Bonchev–Trinajstić information content (AvgIpc) is 2.47. The largest absolute Gasteiger partial charge is 0.300 e. The minimum Gasteiger partial charge on any atom is -0.300 e. The molecule has 0 aliphatic carbocycles. The topological polar surface area (TPSA) is 34.4 Å². The number of carbonyl (C=O) groups is 1. The second-order valence-electron chi connectivity index (χ2n) is 3.19. The maximum absolute atomic E-state index is 13.2. The quantitative estimate of drug-likeness (QED) is 0.677. The molecule has 0 spiro atoms. The molecule has 0 saturated heterocycles. The van der Waals surface area contributed by atoms with E-state index < -0.39 is 0 Å². The minimum atomic E-state index is -0.371. The number of carbonyl (C=O) groups excluding carboxylic acids is 1. The van der Waals surface area contributed by atoms with Crippen LogP contribution in [0.2, 0.25) is 0 Å². The van der Waals surface area contributed by atoms with Gasteiger partial charge in [-0.15, -0.1) is 0 Å². The molecule has 3 nitrogen and oxygen atoms in total. The molecule has 0 aliphatic rings. The molecule has 0 aromatic carbocycles. The van der Waals surface area contributed by atoms with Crippen LogP contribution in [-0.2, 0) is 11.2 Å². The van der Waals surface area contributed by atoms with Crippen molar-refractivity contribution in [1.29, 1.82) is 0 Å². The number of hydrogen-bond donors (Lipinski definition) is 0. The maximum Gasteiger partial charge on any atom is 0.199 e. The van der Waals surface area contributed by atoms with Crippen molar-refractivity contribution < 1.29 is 9.18 Å². The number of ketones is 1. The number of halogens is 1. The van der Waals surface area contributed by atoms with Gasteiger partial charge in [0.15, 0.2) is 5.95 Å². The average molecular weight is 192 g/mol. The molecule has 0 saturated carbocycles. The zero-order chi connectivity index (χ0) is 10.1. The molecule has 2 aromatic rings. The van der Waals surface area contributed by atoms with E-state index in [-0.39, 0.29) is 18.2 Å². The summed E-state index contributed by atoms with van der Waals surface area (Å²) in [7, 11) is 0. The van der Waals surface area contributed by atoms with Gasteiger partial charge in [-0.3, -0.25) is 9.20 Å². The minimum absolute atomic E-state index is 0.0221. The Morgan fingerprint density at radius 3 is 3.00 bits per heavy atom. The Hall–Kier alpha value is -1.71. The normalized spacial score (nSPS) is 10.7.